The summed E-state index contributed by atoms with van der Waals surface area (Å²) in [7, 11) is 1.44. The second-order valence-electron chi connectivity index (χ2n) is 5.63. The number of halogens is 2. The van der Waals surface area contributed by atoms with Gasteiger partial charge in [0.2, 0.25) is 0 Å². The average molecular weight is 525 g/mol. The predicted molar refractivity (Wildman–Crippen MR) is 114 cm³/mol. The molecule has 0 aliphatic heterocycles. The number of carbonyl (C=O) groups is 2. The Morgan fingerprint density at radius 2 is 2.10 bits per heavy atom. The van der Waals surface area contributed by atoms with Crippen LogP contribution >= 0.6 is 22.6 Å². The number of hydrogen-bond donors (Lipinski definition) is 1. The van der Waals surface area contributed by atoms with Gasteiger partial charge in [-0.2, -0.15) is 10.4 Å². The first kappa shape index (κ1) is 23.1. The molecular weight excluding hydrogens is 508 g/mol. The molecule has 8 nitrogen and oxygen atoms in total. The van der Waals surface area contributed by atoms with E-state index in [0.717, 1.165) is 6.07 Å². The van der Waals surface area contributed by atoms with E-state index in [9.17, 15) is 14.0 Å². The lowest BCUT2D eigenvalue weighted by molar-refractivity contribution is -0.145. The highest BCUT2D eigenvalue weighted by atomic mass is 127. The zero-order valence-electron chi connectivity index (χ0n) is 16.1. The van der Waals surface area contributed by atoms with Gasteiger partial charge in [0.05, 0.1) is 40.7 Å². The smallest absolute Gasteiger partial charge is 0.344 e. The average Bonchev–Trinajstić information content (AvgIpc) is 2.72. The van der Waals surface area contributed by atoms with E-state index in [-0.39, 0.29) is 24.3 Å². The molecule has 0 radical (unpaired) electrons. The number of hydrazone groups is 1. The molecule has 0 aliphatic carbocycles. The molecule has 0 bridgehead atoms. The van der Waals surface area contributed by atoms with Crippen LogP contribution in [-0.2, 0) is 9.53 Å². The predicted octanol–water partition coefficient (Wildman–Crippen LogP) is 3.02. The molecule has 0 heterocycles. The molecule has 0 spiro atoms. The van der Waals surface area contributed by atoms with Crippen molar-refractivity contribution in [3.05, 3.63) is 56.4 Å². The monoisotopic (exact) mass is 525 g/mol. The maximum absolute atomic E-state index is 13.9. The van der Waals surface area contributed by atoms with Crippen LogP contribution < -0.4 is 14.9 Å². The Bertz CT molecular complexity index is 1020. The molecule has 2 aromatic carbocycles. The Labute approximate surface area is 185 Å². The number of methoxy groups -OCH3 is 1. The summed E-state index contributed by atoms with van der Waals surface area (Å²) >= 11 is 2.01. The van der Waals surface area contributed by atoms with Crippen LogP contribution in [0.25, 0.3) is 0 Å². The van der Waals surface area contributed by atoms with Gasteiger partial charge >= 0.3 is 5.97 Å². The third kappa shape index (κ3) is 6.15. The van der Waals surface area contributed by atoms with E-state index in [1.54, 1.807) is 25.1 Å². The van der Waals surface area contributed by atoms with Gasteiger partial charge in [-0.05, 0) is 65.4 Å². The van der Waals surface area contributed by atoms with Crippen LogP contribution in [0.1, 0.15) is 28.4 Å². The molecular formula is C20H17FIN3O5. The lowest BCUT2D eigenvalue weighted by Crippen LogP contribution is -2.19. The van der Waals surface area contributed by atoms with Crippen molar-refractivity contribution in [2.24, 2.45) is 5.10 Å². The maximum atomic E-state index is 13.9. The summed E-state index contributed by atoms with van der Waals surface area (Å²) in [6.07, 6.45) is 1.35. The van der Waals surface area contributed by atoms with Crippen LogP contribution in [0.2, 0.25) is 0 Å². The minimum atomic E-state index is -0.818. The Morgan fingerprint density at radius 1 is 1.33 bits per heavy atom. The Kier molecular flexibility index (Phi) is 8.54. The van der Waals surface area contributed by atoms with Gasteiger partial charge in [-0.3, -0.25) is 4.79 Å². The van der Waals surface area contributed by atoms with Crippen molar-refractivity contribution in [1.82, 2.24) is 5.43 Å². The van der Waals surface area contributed by atoms with E-state index in [2.05, 4.69) is 10.5 Å². The second kappa shape index (κ2) is 11.1. The first-order valence-corrected chi connectivity index (χ1v) is 9.66. The lowest BCUT2D eigenvalue weighted by Gasteiger charge is -2.13. The normalized spacial score (nSPS) is 10.4. The van der Waals surface area contributed by atoms with E-state index < -0.39 is 17.7 Å². The fourth-order valence-electron chi connectivity index (χ4n) is 2.28. The first-order valence-electron chi connectivity index (χ1n) is 8.58. The fraction of sp³-hybridized carbons (Fsp3) is 0.200. The molecule has 0 atom stereocenters. The minimum Gasteiger partial charge on any atom is -0.493 e. The quantitative estimate of drug-likeness (QED) is 0.246. The molecule has 0 aliphatic rings. The number of nitrogens with one attached hydrogen (secondary N) is 1. The summed E-state index contributed by atoms with van der Waals surface area (Å²) in [6.45, 7) is 1.69. The second-order valence-corrected chi connectivity index (χ2v) is 6.80. The number of benzene rings is 2. The molecule has 10 heteroatoms. The van der Waals surface area contributed by atoms with Crippen LogP contribution in [0, 0.1) is 20.7 Å². The first-order chi connectivity index (χ1) is 14.4. The van der Waals surface area contributed by atoms with E-state index >= 15 is 0 Å². The lowest BCUT2D eigenvalue weighted by atomic mass is 10.1. The molecule has 2 rings (SSSR count). The Morgan fingerprint density at radius 3 is 2.73 bits per heavy atom. The van der Waals surface area contributed by atoms with Crippen molar-refractivity contribution in [3.63, 3.8) is 0 Å². The molecule has 1 amide bonds. The number of esters is 1. The highest BCUT2D eigenvalue weighted by Gasteiger charge is 2.14. The van der Waals surface area contributed by atoms with E-state index in [4.69, 9.17) is 19.5 Å². The highest BCUT2D eigenvalue weighted by Crippen LogP contribution is 2.33. The molecule has 30 heavy (non-hydrogen) atoms. The van der Waals surface area contributed by atoms with Crippen molar-refractivity contribution >= 4 is 40.7 Å². The molecule has 0 saturated heterocycles. The summed E-state index contributed by atoms with van der Waals surface area (Å²) < 4.78 is 30.1. The van der Waals surface area contributed by atoms with Crippen LogP contribution in [-0.4, -0.2) is 38.4 Å². The van der Waals surface area contributed by atoms with Gasteiger partial charge in [0.1, 0.15) is 5.82 Å². The maximum Gasteiger partial charge on any atom is 0.344 e. The summed E-state index contributed by atoms with van der Waals surface area (Å²) in [5, 5.41) is 12.6. The zero-order chi connectivity index (χ0) is 22.1. The van der Waals surface area contributed by atoms with Crippen LogP contribution in [0.15, 0.2) is 35.4 Å². The van der Waals surface area contributed by atoms with E-state index in [1.165, 1.54) is 25.5 Å². The van der Waals surface area contributed by atoms with Crippen molar-refractivity contribution in [1.29, 1.82) is 5.26 Å². The van der Waals surface area contributed by atoms with Crippen molar-refractivity contribution in [2.45, 2.75) is 6.92 Å². The van der Waals surface area contributed by atoms with Crippen molar-refractivity contribution < 1.29 is 28.2 Å². The van der Waals surface area contributed by atoms with Crippen molar-refractivity contribution in [2.75, 3.05) is 20.3 Å². The van der Waals surface area contributed by atoms with Gasteiger partial charge in [-0.1, -0.05) is 0 Å². The number of nitrogens with zero attached hydrogens (tertiary/aromatic N) is 2. The van der Waals surface area contributed by atoms with Crippen LogP contribution in [0.5, 0.6) is 11.5 Å². The highest BCUT2D eigenvalue weighted by molar-refractivity contribution is 14.1. The summed E-state index contributed by atoms with van der Waals surface area (Å²) in [4.78, 5) is 23.5. The Hall–Kier alpha value is -3.20. The standard InChI is InChI=1S/C20H17FIN3O5/c1-3-29-18(26)11-30-19-16(22)7-13(8-17(19)28-2)10-24-25-20(27)14-5-4-12(9-23)6-15(14)21/h4-8,10H,3,11H2,1-2H3,(H,25,27)/b24-10-. The molecule has 2 aromatic rings. The summed E-state index contributed by atoms with van der Waals surface area (Å²) in [5.41, 5.74) is 2.67. The molecule has 0 fully saturated rings. The van der Waals surface area contributed by atoms with Gasteiger partial charge in [-0.25, -0.2) is 14.6 Å². The number of amides is 1. The van der Waals surface area contributed by atoms with Gasteiger partial charge in [0.25, 0.3) is 5.91 Å². The third-order valence-corrected chi connectivity index (χ3v) is 4.42. The number of ether oxygens (including phenoxy) is 3. The SMILES string of the molecule is CCOC(=O)COc1c(I)cc(/C=N\NC(=O)c2ccc(C#N)cc2F)cc1OC. The fourth-order valence-corrected chi connectivity index (χ4v) is 3.06. The van der Waals surface area contributed by atoms with Gasteiger partial charge in [-0.15, -0.1) is 0 Å². The van der Waals surface area contributed by atoms with E-state index in [0.29, 0.717) is 20.6 Å². The number of hydrogen-bond acceptors (Lipinski definition) is 7. The molecule has 0 aromatic heterocycles. The zero-order valence-corrected chi connectivity index (χ0v) is 18.2. The van der Waals surface area contributed by atoms with Gasteiger partial charge < -0.3 is 14.2 Å². The largest absolute Gasteiger partial charge is 0.493 e. The Balaban J connectivity index is 2.10. The number of rotatable bonds is 8. The molecule has 1 N–H and O–H groups in total. The number of carbonyl (C=O) groups excluding carboxylic acids is 2. The topological polar surface area (TPSA) is 110 Å². The van der Waals surface area contributed by atoms with Crippen LogP contribution in [0.3, 0.4) is 0 Å². The van der Waals surface area contributed by atoms with Crippen molar-refractivity contribution in [3.8, 4) is 17.6 Å². The molecule has 156 valence electrons. The number of nitriles is 1. The molecule has 0 unspecified atom stereocenters. The minimum absolute atomic E-state index is 0.111. The summed E-state index contributed by atoms with van der Waals surface area (Å²) in [6, 6.07) is 8.60. The molecule has 0 saturated carbocycles. The van der Waals surface area contributed by atoms with Gasteiger partial charge in [0, 0.05) is 0 Å². The van der Waals surface area contributed by atoms with Crippen LogP contribution in [0.4, 0.5) is 4.39 Å². The third-order valence-electron chi connectivity index (χ3n) is 3.61. The van der Waals surface area contributed by atoms with Gasteiger partial charge in [0.15, 0.2) is 18.1 Å². The van der Waals surface area contributed by atoms with E-state index in [1.807, 2.05) is 22.6 Å². The summed E-state index contributed by atoms with van der Waals surface area (Å²) in [5.74, 6) is -1.35.